The molecule has 0 aliphatic carbocycles. The summed E-state index contributed by atoms with van der Waals surface area (Å²) in [5.41, 5.74) is 0.970. The van der Waals surface area contributed by atoms with Gasteiger partial charge in [-0.3, -0.25) is 14.5 Å². The van der Waals surface area contributed by atoms with E-state index >= 15 is 0 Å². The third-order valence-electron chi connectivity index (χ3n) is 3.40. The summed E-state index contributed by atoms with van der Waals surface area (Å²) < 4.78 is 2.00. The van der Waals surface area contributed by atoms with Crippen LogP contribution in [0.4, 0.5) is 5.13 Å². The van der Waals surface area contributed by atoms with E-state index in [0.717, 1.165) is 39.6 Å². The number of unbranched alkanes of at least 4 members (excludes halogenated alkanes) is 1. The average molecular weight is 363 g/mol. The van der Waals surface area contributed by atoms with Gasteiger partial charge in [0.05, 0.1) is 10.4 Å². The quantitative estimate of drug-likeness (QED) is 0.580. The van der Waals surface area contributed by atoms with Crippen LogP contribution in [0.1, 0.15) is 34.4 Å². The van der Waals surface area contributed by atoms with Crippen LogP contribution in [0.15, 0.2) is 17.6 Å². The first-order chi connectivity index (χ1) is 11.2. The van der Waals surface area contributed by atoms with Crippen molar-refractivity contribution < 1.29 is 4.79 Å². The molecule has 1 N–H and O–H groups in total. The number of amides is 1. The highest BCUT2D eigenvalue weighted by atomic mass is 32.1. The summed E-state index contributed by atoms with van der Waals surface area (Å²) >= 11 is 4.42. The number of hydrogen-bond donors (Lipinski definition) is 1. The van der Waals surface area contributed by atoms with Crippen molar-refractivity contribution in [2.24, 2.45) is 0 Å². The zero-order chi connectivity index (χ0) is 15.8. The van der Waals surface area contributed by atoms with E-state index in [1.165, 1.54) is 22.7 Å². The molecular weight excluding hydrogens is 350 g/mol. The number of nitrogens with zero attached hydrogens (tertiary/aromatic N) is 4. The molecule has 118 valence electrons. The number of carbonyl (C=O) groups excluding carboxylic acids is 1. The minimum absolute atomic E-state index is 0.157. The zero-order valence-electron chi connectivity index (χ0n) is 12.3. The van der Waals surface area contributed by atoms with Gasteiger partial charge in [0.25, 0.3) is 5.91 Å². The highest BCUT2D eigenvalue weighted by molar-refractivity contribution is 7.21. The van der Waals surface area contributed by atoms with Gasteiger partial charge in [-0.1, -0.05) is 24.7 Å². The maximum atomic E-state index is 12.4. The maximum absolute atomic E-state index is 12.4. The molecule has 6 nitrogen and oxygen atoms in total. The minimum Gasteiger partial charge on any atom is -0.296 e. The molecule has 0 aliphatic heterocycles. The number of nitrogens with one attached hydrogen (secondary N) is 1. The van der Waals surface area contributed by atoms with Gasteiger partial charge >= 0.3 is 0 Å². The molecule has 0 fully saturated rings. The fourth-order valence-electron chi connectivity index (χ4n) is 2.25. The van der Waals surface area contributed by atoms with Gasteiger partial charge < -0.3 is 0 Å². The van der Waals surface area contributed by atoms with Crippen molar-refractivity contribution in [2.75, 3.05) is 5.32 Å². The number of fused-ring (bicyclic) bond motifs is 3. The molecule has 0 unspecified atom stereocenters. The number of hydrogen-bond acceptors (Lipinski definition) is 7. The molecule has 0 bridgehead atoms. The highest BCUT2D eigenvalue weighted by Crippen LogP contribution is 2.29. The molecule has 0 spiro atoms. The van der Waals surface area contributed by atoms with Crippen LogP contribution < -0.4 is 5.32 Å². The molecule has 0 radical (unpaired) electrons. The number of rotatable bonds is 5. The molecule has 4 aromatic heterocycles. The van der Waals surface area contributed by atoms with Gasteiger partial charge in [-0.05, 0) is 12.5 Å². The molecular formula is C14H13N5OS3. The smallest absolute Gasteiger partial charge is 0.267 e. The van der Waals surface area contributed by atoms with Crippen LogP contribution in [0.5, 0.6) is 0 Å². The summed E-state index contributed by atoms with van der Waals surface area (Å²) in [7, 11) is 0. The molecule has 0 saturated heterocycles. The summed E-state index contributed by atoms with van der Waals surface area (Å²) in [5, 5.41) is 14.5. The molecule has 4 heterocycles. The van der Waals surface area contributed by atoms with E-state index in [9.17, 15) is 4.79 Å². The Morgan fingerprint density at radius 2 is 2.26 bits per heavy atom. The number of carbonyl (C=O) groups is 1. The topological polar surface area (TPSA) is 72.2 Å². The maximum Gasteiger partial charge on any atom is 0.267 e. The van der Waals surface area contributed by atoms with Gasteiger partial charge in [-0.25, -0.2) is 4.98 Å². The van der Waals surface area contributed by atoms with Crippen molar-refractivity contribution in [3.63, 3.8) is 0 Å². The fraction of sp³-hybridized carbons (Fsp3) is 0.286. The summed E-state index contributed by atoms with van der Waals surface area (Å²) in [6.07, 6.45) is 5.08. The molecule has 1 amide bonds. The van der Waals surface area contributed by atoms with Gasteiger partial charge in [0.2, 0.25) is 5.13 Å². The Balaban J connectivity index is 1.54. The van der Waals surface area contributed by atoms with Crippen LogP contribution in [0.25, 0.3) is 15.3 Å². The second-order valence-corrected chi connectivity index (χ2v) is 7.99. The Labute approximate surface area is 143 Å². The third kappa shape index (κ3) is 2.75. The van der Waals surface area contributed by atoms with Crippen molar-refractivity contribution in [1.82, 2.24) is 19.6 Å². The molecule has 4 aromatic rings. The van der Waals surface area contributed by atoms with E-state index in [1.54, 1.807) is 11.3 Å². The Morgan fingerprint density at radius 1 is 1.35 bits per heavy atom. The molecule has 4 rings (SSSR count). The first kappa shape index (κ1) is 14.7. The van der Waals surface area contributed by atoms with Gasteiger partial charge in [0.1, 0.15) is 9.84 Å². The van der Waals surface area contributed by atoms with Gasteiger partial charge in [-0.15, -0.1) is 32.9 Å². The fourth-order valence-corrected chi connectivity index (χ4v) is 4.72. The standard InChI is InChI=1S/C14H13N5OS3/c1-2-3-4-10-17-18-13(23-10)15-11(20)9-7-8-12(22-9)16-14-19(8)5-6-21-14/h5-7H,2-4H2,1H3,(H,15,18,20). The molecule has 0 saturated carbocycles. The van der Waals surface area contributed by atoms with Crippen molar-refractivity contribution in [1.29, 1.82) is 0 Å². The minimum atomic E-state index is -0.157. The van der Waals surface area contributed by atoms with E-state index in [-0.39, 0.29) is 5.91 Å². The van der Waals surface area contributed by atoms with E-state index in [0.29, 0.717) is 10.0 Å². The van der Waals surface area contributed by atoms with Crippen molar-refractivity contribution in [3.8, 4) is 0 Å². The SMILES string of the molecule is CCCCc1nnc(NC(=O)c2cc3c(nc4sccn43)s2)s1. The zero-order valence-corrected chi connectivity index (χ0v) is 14.7. The lowest BCUT2D eigenvalue weighted by molar-refractivity contribution is 0.103. The molecule has 23 heavy (non-hydrogen) atoms. The number of thiazole rings is 1. The van der Waals surface area contributed by atoms with Crippen LogP contribution in [0.3, 0.4) is 0 Å². The number of anilines is 1. The van der Waals surface area contributed by atoms with Crippen LogP contribution in [-0.4, -0.2) is 25.5 Å². The van der Waals surface area contributed by atoms with E-state index in [1.807, 2.05) is 22.0 Å². The summed E-state index contributed by atoms with van der Waals surface area (Å²) in [5.74, 6) is -0.157. The Morgan fingerprint density at radius 3 is 3.13 bits per heavy atom. The van der Waals surface area contributed by atoms with E-state index < -0.39 is 0 Å². The predicted octanol–water partition coefficient (Wildman–Crippen LogP) is 4.06. The number of aryl methyl sites for hydroxylation is 1. The summed E-state index contributed by atoms with van der Waals surface area (Å²) in [4.78, 5) is 19.4. The largest absolute Gasteiger partial charge is 0.296 e. The van der Waals surface area contributed by atoms with Crippen LogP contribution in [0, 0.1) is 0 Å². The van der Waals surface area contributed by atoms with Crippen LogP contribution in [0.2, 0.25) is 0 Å². The lowest BCUT2D eigenvalue weighted by Gasteiger charge is -1.96. The average Bonchev–Trinajstić information content (AvgIpc) is 3.25. The number of thiophene rings is 1. The molecule has 0 atom stereocenters. The summed E-state index contributed by atoms with van der Waals surface area (Å²) in [6.45, 7) is 2.14. The van der Waals surface area contributed by atoms with Crippen molar-refractivity contribution >= 4 is 60.4 Å². The van der Waals surface area contributed by atoms with Crippen molar-refractivity contribution in [3.05, 3.63) is 27.5 Å². The van der Waals surface area contributed by atoms with Gasteiger partial charge in [0.15, 0.2) is 4.96 Å². The van der Waals surface area contributed by atoms with Gasteiger partial charge in [-0.2, -0.15) is 0 Å². The van der Waals surface area contributed by atoms with E-state index in [4.69, 9.17) is 0 Å². The number of aromatic nitrogens is 4. The Bertz CT molecular complexity index is 979. The summed E-state index contributed by atoms with van der Waals surface area (Å²) in [6, 6.07) is 1.88. The lowest BCUT2D eigenvalue weighted by atomic mass is 10.3. The van der Waals surface area contributed by atoms with Crippen LogP contribution in [-0.2, 0) is 6.42 Å². The first-order valence-corrected chi connectivity index (χ1v) is 9.74. The molecule has 0 aliphatic rings. The molecule has 9 heteroatoms. The number of imidazole rings is 1. The van der Waals surface area contributed by atoms with Gasteiger partial charge in [0, 0.05) is 18.0 Å². The Hall–Kier alpha value is -1.84. The second kappa shape index (κ2) is 5.99. The highest BCUT2D eigenvalue weighted by Gasteiger charge is 2.16. The van der Waals surface area contributed by atoms with Crippen LogP contribution >= 0.6 is 34.0 Å². The third-order valence-corrected chi connectivity index (χ3v) is 6.07. The monoisotopic (exact) mass is 363 g/mol. The lowest BCUT2D eigenvalue weighted by Crippen LogP contribution is -2.09. The second-order valence-electron chi connectivity index (χ2n) is 5.03. The van der Waals surface area contributed by atoms with E-state index in [2.05, 4.69) is 27.4 Å². The first-order valence-electron chi connectivity index (χ1n) is 7.23. The predicted molar refractivity (Wildman–Crippen MR) is 94.9 cm³/mol. The van der Waals surface area contributed by atoms with Crippen molar-refractivity contribution in [2.45, 2.75) is 26.2 Å². The normalized spacial score (nSPS) is 11.5. The molecule has 0 aromatic carbocycles. The Kier molecular flexibility index (Phi) is 3.83.